The van der Waals surface area contributed by atoms with Crippen LogP contribution in [0.5, 0.6) is 0 Å². The van der Waals surface area contributed by atoms with Gasteiger partial charge in [0.2, 0.25) is 0 Å². The van der Waals surface area contributed by atoms with E-state index in [1.807, 2.05) is 0 Å². The van der Waals surface area contributed by atoms with E-state index in [4.69, 9.17) is 0 Å². The van der Waals surface area contributed by atoms with Crippen LogP contribution in [0.3, 0.4) is 0 Å². The van der Waals surface area contributed by atoms with Gasteiger partial charge in [-0.15, -0.1) is 0 Å². The zero-order valence-electron chi connectivity index (χ0n) is 10.8. The van der Waals surface area contributed by atoms with Crippen LogP contribution in [0, 0.1) is 11.8 Å². The second-order valence-electron chi connectivity index (χ2n) is 5.91. The number of hydrogen-bond donors (Lipinski definition) is 1. The van der Waals surface area contributed by atoms with E-state index in [1.54, 1.807) is 0 Å². The summed E-state index contributed by atoms with van der Waals surface area (Å²) in [6.45, 7) is 6.70. The Morgan fingerprint density at radius 3 is 2.60 bits per heavy atom. The van der Waals surface area contributed by atoms with Crippen molar-refractivity contribution in [2.75, 3.05) is 0 Å². The predicted molar refractivity (Wildman–Crippen MR) is 65.9 cm³/mol. The van der Waals surface area contributed by atoms with Crippen LogP contribution in [0.2, 0.25) is 0 Å². The van der Waals surface area contributed by atoms with Gasteiger partial charge in [-0.1, -0.05) is 46.5 Å². The standard InChI is InChI=1S/C14H28O/c1-4-6-13-7-5-9-14(15,10-8-13)11-12(2)3/h12-13,15H,4-11H2,1-3H3. The van der Waals surface area contributed by atoms with Gasteiger partial charge in [0.05, 0.1) is 5.60 Å². The second-order valence-corrected chi connectivity index (χ2v) is 5.91. The molecule has 0 saturated heterocycles. The molecule has 2 unspecified atom stereocenters. The highest BCUT2D eigenvalue weighted by Gasteiger charge is 2.30. The third kappa shape index (κ3) is 4.55. The molecule has 2 atom stereocenters. The van der Waals surface area contributed by atoms with E-state index in [0.29, 0.717) is 5.92 Å². The average molecular weight is 212 g/mol. The third-order valence-corrected chi connectivity index (χ3v) is 3.76. The zero-order valence-corrected chi connectivity index (χ0v) is 10.8. The summed E-state index contributed by atoms with van der Waals surface area (Å²) in [4.78, 5) is 0. The van der Waals surface area contributed by atoms with Crippen molar-refractivity contribution < 1.29 is 5.11 Å². The molecule has 0 radical (unpaired) electrons. The van der Waals surface area contributed by atoms with Gasteiger partial charge in [0.15, 0.2) is 0 Å². The number of rotatable bonds is 4. The highest BCUT2D eigenvalue weighted by Crippen LogP contribution is 2.36. The molecule has 1 fully saturated rings. The second kappa shape index (κ2) is 5.89. The summed E-state index contributed by atoms with van der Waals surface area (Å²) in [6.07, 6.45) is 9.54. The maximum Gasteiger partial charge on any atom is 0.0650 e. The fourth-order valence-electron chi connectivity index (χ4n) is 3.12. The molecular formula is C14H28O. The van der Waals surface area contributed by atoms with Gasteiger partial charge in [-0.2, -0.15) is 0 Å². The molecule has 0 amide bonds. The fraction of sp³-hybridized carbons (Fsp3) is 1.00. The lowest BCUT2D eigenvalue weighted by molar-refractivity contribution is 0.00425. The first-order valence-electron chi connectivity index (χ1n) is 6.78. The van der Waals surface area contributed by atoms with Crippen LogP contribution in [-0.4, -0.2) is 10.7 Å². The minimum Gasteiger partial charge on any atom is -0.390 e. The SMILES string of the molecule is CCCC1CCCC(O)(CC(C)C)CC1. The predicted octanol–water partition coefficient (Wildman–Crippen LogP) is 4.14. The summed E-state index contributed by atoms with van der Waals surface area (Å²) in [5.41, 5.74) is -0.337. The lowest BCUT2D eigenvalue weighted by Crippen LogP contribution is -2.29. The molecule has 1 heteroatoms. The van der Waals surface area contributed by atoms with E-state index in [1.165, 1.54) is 32.1 Å². The first kappa shape index (κ1) is 13.0. The molecule has 1 aliphatic carbocycles. The van der Waals surface area contributed by atoms with Crippen LogP contribution in [0.4, 0.5) is 0 Å². The molecule has 1 nitrogen and oxygen atoms in total. The van der Waals surface area contributed by atoms with E-state index in [9.17, 15) is 5.11 Å². The summed E-state index contributed by atoms with van der Waals surface area (Å²) in [5, 5.41) is 10.5. The van der Waals surface area contributed by atoms with Gasteiger partial charge >= 0.3 is 0 Å². The van der Waals surface area contributed by atoms with Crippen molar-refractivity contribution in [1.82, 2.24) is 0 Å². The Balaban J connectivity index is 2.43. The molecule has 0 spiro atoms. The van der Waals surface area contributed by atoms with Crippen LogP contribution in [0.25, 0.3) is 0 Å². The van der Waals surface area contributed by atoms with Gasteiger partial charge in [0.25, 0.3) is 0 Å². The van der Waals surface area contributed by atoms with Crippen molar-refractivity contribution >= 4 is 0 Å². The average Bonchev–Trinajstić information content (AvgIpc) is 2.28. The first-order valence-corrected chi connectivity index (χ1v) is 6.78. The Morgan fingerprint density at radius 1 is 1.27 bits per heavy atom. The molecule has 1 rings (SSSR count). The first-order chi connectivity index (χ1) is 7.06. The van der Waals surface area contributed by atoms with Crippen molar-refractivity contribution in [3.05, 3.63) is 0 Å². The van der Waals surface area contributed by atoms with E-state index < -0.39 is 0 Å². The number of aliphatic hydroxyl groups is 1. The highest BCUT2D eigenvalue weighted by atomic mass is 16.3. The topological polar surface area (TPSA) is 20.2 Å². The van der Waals surface area contributed by atoms with Gasteiger partial charge in [0.1, 0.15) is 0 Å². The molecule has 15 heavy (non-hydrogen) atoms. The molecule has 0 aromatic heterocycles. The Kier molecular flexibility index (Phi) is 5.11. The van der Waals surface area contributed by atoms with Crippen molar-refractivity contribution in [2.24, 2.45) is 11.8 Å². The monoisotopic (exact) mass is 212 g/mol. The highest BCUT2D eigenvalue weighted by molar-refractivity contribution is 4.84. The van der Waals surface area contributed by atoms with Gasteiger partial charge in [-0.25, -0.2) is 0 Å². The molecular weight excluding hydrogens is 184 g/mol. The van der Waals surface area contributed by atoms with Crippen LogP contribution in [0.15, 0.2) is 0 Å². The molecule has 0 aliphatic heterocycles. The van der Waals surface area contributed by atoms with Crippen molar-refractivity contribution in [2.45, 2.75) is 77.7 Å². The molecule has 0 heterocycles. The minimum absolute atomic E-state index is 0.337. The Morgan fingerprint density at radius 2 is 2.00 bits per heavy atom. The van der Waals surface area contributed by atoms with Crippen molar-refractivity contribution in [3.8, 4) is 0 Å². The molecule has 0 aromatic carbocycles. The number of hydrogen-bond acceptors (Lipinski definition) is 1. The summed E-state index contributed by atoms with van der Waals surface area (Å²) < 4.78 is 0. The van der Waals surface area contributed by atoms with Crippen LogP contribution in [-0.2, 0) is 0 Å². The molecule has 1 N–H and O–H groups in total. The summed E-state index contributed by atoms with van der Waals surface area (Å²) in [7, 11) is 0. The van der Waals surface area contributed by atoms with Crippen molar-refractivity contribution in [3.63, 3.8) is 0 Å². The normalized spacial score (nSPS) is 33.0. The molecule has 0 bridgehead atoms. The van der Waals surface area contributed by atoms with Gasteiger partial charge < -0.3 is 5.11 Å². The van der Waals surface area contributed by atoms with E-state index >= 15 is 0 Å². The summed E-state index contributed by atoms with van der Waals surface area (Å²) in [5.74, 6) is 1.51. The maximum absolute atomic E-state index is 10.5. The maximum atomic E-state index is 10.5. The van der Waals surface area contributed by atoms with E-state index in [0.717, 1.165) is 25.2 Å². The molecule has 1 aliphatic rings. The zero-order chi connectivity index (χ0) is 11.3. The van der Waals surface area contributed by atoms with Gasteiger partial charge in [-0.05, 0) is 37.5 Å². The van der Waals surface area contributed by atoms with E-state index in [2.05, 4.69) is 20.8 Å². The van der Waals surface area contributed by atoms with Crippen LogP contribution >= 0.6 is 0 Å². The van der Waals surface area contributed by atoms with Crippen LogP contribution in [0.1, 0.15) is 72.1 Å². The molecule has 1 saturated carbocycles. The quantitative estimate of drug-likeness (QED) is 0.694. The largest absolute Gasteiger partial charge is 0.390 e. The minimum atomic E-state index is -0.337. The third-order valence-electron chi connectivity index (χ3n) is 3.76. The lowest BCUT2D eigenvalue weighted by Gasteiger charge is -2.28. The summed E-state index contributed by atoms with van der Waals surface area (Å²) in [6, 6.07) is 0. The fourth-order valence-corrected chi connectivity index (χ4v) is 3.12. The van der Waals surface area contributed by atoms with Gasteiger partial charge in [0, 0.05) is 0 Å². The summed E-state index contributed by atoms with van der Waals surface area (Å²) >= 11 is 0. The Hall–Kier alpha value is -0.0400. The van der Waals surface area contributed by atoms with Gasteiger partial charge in [-0.3, -0.25) is 0 Å². The van der Waals surface area contributed by atoms with Crippen molar-refractivity contribution in [1.29, 1.82) is 0 Å². The Bertz CT molecular complexity index is 176. The van der Waals surface area contributed by atoms with Crippen LogP contribution < -0.4 is 0 Å². The van der Waals surface area contributed by atoms with E-state index in [-0.39, 0.29) is 5.60 Å². The molecule has 90 valence electrons. The molecule has 0 aromatic rings. The Labute approximate surface area is 95.3 Å². The smallest absolute Gasteiger partial charge is 0.0650 e. The lowest BCUT2D eigenvalue weighted by atomic mass is 9.85.